The SMILES string of the molecule is COc1ccc2cc([C@H](C)C(=O)OCc3cn(CC(=O)c4ccc(O)cc4)nn3)ccc2c1. The van der Waals surface area contributed by atoms with Crippen LogP contribution in [0.1, 0.15) is 34.5 Å². The predicted molar refractivity (Wildman–Crippen MR) is 121 cm³/mol. The molecule has 0 radical (unpaired) electrons. The van der Waals surface area contributed by atoms with Crippen LogP contribution in [0.3, 0.4) is 0 Å². The van der Waals surface area contributed by atoms with Crippen LogP contribution >= 0.6 is 0 Å². The second-order valence-corrected chi connectivity index (χ2v) is 7.68. The fraction of sp³-hybridized carbons (Fsp3) is 0.200. The molecular weight excluding hydrogens is 422 g/mol. The first kappa shape index (κ1) is 22.0. The van der Waals surface area contributed by atoms with Crippen molar-refractivity contribution in [1.29, 1.82) is 0 Å². The molecule has 1 heterocycles. The number of hydrogen-bond donors (Lipinski definition) is 1. The Morgan fingerprint density at radius 2 is 1.76 bits per heavy atom. The van der Waals surface area contributed by atoms with Crippen molar-refractivity contribution in [2.45, 2.75) is 26.0 Å². The van der Waals surface area contributed by atoms with Crippen molar-refractivity contribution in [3.05, 3.63) is 83.7 Å². The zero-order valence-corrected chi connectivity index (χ0v) is 18.3. The van der Waals surface area contributed by atoms with Crippen LogP contribution in [0.15, 0.2) is 66.9 Å². The lowest BCUT2D eigenvalue weighted by Crippen LogP contribution is -2.13. The van der Waals surface area contributed by atoms with E-state index in [1.165, 1.54) is 16.8 Å². The number of ether oxygens (including phenoxy) is 2. The van der Waals surface area contributed by atoms with Gasteiger partial charge in [-0.3, -0.25) is 9.59 Å². The summed E-state index contributed by atoms with van der Waals surface area (Å²) in [6.07, 6.45) is 1.57. The summed E-state index contributed by atoms with van der Waals surface area (Å²) in [6.45, 7) is 1.74. The standard InChI is InChI=1S/C25H23N3O5/c1-16(18-3-4-20-12-23(32-2)10-7-19(20)11-18)25(31)33-15-21-13-28(27-26-21)14-24(30)17-5-8-22(29)9-6-17/h3-13,16,29H,14-15H2,1-2H3/t16-/m0/s1. The smallest absolute Gasteiger partial charge is 0.313 e. The van der Waals surface area contributed by atoms with Crippen molar-refractivity contribution in [1.82, 2.24) is 15.0 Å². The number of methoxy groups -OCH3 is 1. The van der Waals surface area contributed by atoms with Gasteiger partial charge in [-0.25, -0.2) is 4.68 Å². The maximum atomic E-state index is 12.6. The number of benzene rings is 3. The summed E-state index contributed by atoms with van der Waals surface area (Å²) >= 11 is 0. The molecular formula is C25H23N3O5. The summed E-state index contributed by atoms with van der Waals surface area (Å²) in [5.41, 5.74) is 1.75. The number of esters is 1. The fourth-order valence-electron chi connectivity index (χ4n) is 3.41. The van der Waals surface area contributed by atoms with Gasteiger partial charge < -0.3 is 14.6 Å². The van der Waals surface area contributed by atoms with Gasteiger partial charge in [-0.05, 0) is 59.7 Å². The normalized spacial score (nSPS) is 11.8. The number of fused-ring (bicyclic) bond motifs is 1. The Hall–Kier alpha value is -4.20. The lowest BCUT2D eigenvalue weighted by atomic mass is 9.98. The number of hydrogen-bond acceptors (Lipinski definition) is 7. The van der Waals surface area contributed by atoms with E-state index < -0.39 is 5.92 Å². The highest BCUT2D eigenvalue weighted by molar-refractivity contribution is 5.95. The van der Waals surface area contributed by atoms with Crippen LogP contribution in [-0.4, -0.2) is 39.0 Å². The van der Waals surface area contributed by atoms with Gasteiger partial charge in [-0.2, -0.15) is 0 Å². The summed E-state index contributed by atoms with van der Waals surface area (Å²) in [5.74, 6) is -0.138. The van der Waals surface area contributed by atoms with E-state index in [1.807, 2.05) is 36.4 Å². The Morgan fingerprint density at radius 3 is 2.52 bits per heavy atom. The molecule has 0 aliphatic heterocycles. The number of carbonyl (C=O) groups excluding carboxylic acids is 2. The van der Waals surface area contributed by atoms with Gasteiger partial charge in [0.2, 0.25) is 0 Å². The van der Waals surface area contributed by atoms with E-state index in [2.05, 4.69) is 10.3 Å². The number of aromatic hydroxyl groups is 1. The van der Waals surface area contributed by atoms with Gasteiger partial charge >= 0.3 is 5.97 Å². The molecule has 4 aromatic rings. The Balaban J connectivity index is 1.35. The van der Waals surface area contributed by atoms with Crippen molar-refractivity contribution < 1.29 is 24.2 Å². The molecule has 4 rings (SSSR count). The minimum absolute atomic E-state index is 0.00992. The van der Waals surface area contributed by atoms with Gasteiger partial charge in [-0.15, -0.1) is 5.10 Å². The van der Waals surface area contributed by atoms with E-state index in [9.17, 15) is 14.7 Å². The fourth-order valence-corrected chi connectivity index (χ4v) is 3.41. The molecule has 0 aliphatic rings. The number of nitrogens with zero attached hydrogens (tertiary/aromatic N) is 3. The van der Waals surface area contributed by atoms with Gasteiger partial charge in [0.1, 0.15) is 30.3 Å². The van der Waals surface area contributed by atoms with Crippen molar-refractivity contribution in [2.24, 2.45) is 0 Å². The summed E-state index contributed by atoms with van der Waals surface area (Å²) < 4.78 is 12.1. The van der Waals surface area contributed by atoms with Crippen molar-refractivity contribution in [3.8, 4) is 11.5 Å². The van der Waals surface area contributed by atoms with Crippen LogP contribution < -0.4 is 4.74 Å². The van der Waals surface area contributed by atoms with Crippen LogP contribution in [0.5, 0.6) is 11.5 Å². The molecule has 168 valence electrons. The second-order valence-electron chi connectivity index (χ2n) is 7.68. The molecule has 0 saturated heterocycles. The molecule has 8 nitrogen and oxygen atoms in total. The molecule has 0 spiro atoms. The minimum Gasteiger partial charge on any atom is -0.508 e. The molecule has 8 heteroatoms. The topological polar surface area (TPSA) is 104 Å². The van der Waals surface area contributed by atoms with Gasteiger partial charge in [0.05, 0.1) is 19.2 Å². The lowest BCUT2D eigenvalue weighted by molar-refractivity contribution is -0.146. The number of phenols is 1. The first-order chi connectivity index (χ1) is 15.9. The number of aromatic nitrogens is 3. The van der Waals surface area contributed by atoms with Crippen LogP contribution in [-0.2, 0) is 22.7 Å². The van der Waals surface area contributed by atoms with Gasteiger partial charge in [0.25, 0.3) is 0 Å². The quantitative estimate of drug-likeness (QED) is 0.324. The van der Waals surface area contributed by atoms with E-state index in [0.29, 0.717) is 11.3 Å². The number of rotatable bonds is 8. The summed E-state index contributed by atoms with van der Waals surface area (Å²) in [7, 11) is 1.62. The zero-order valence-electron chi connectivity index (χ0n) is 18.3. The Labute approximate surface area is 190 Å². The highest BCUT2D eigenvalue weighted by Gasteiger charge is 2.18. The summed E-state index contributed by atoms with van der Waals surface area (Å²) in [6, 6.07) is 17.6. The van der Waals surface area contributed by atoms with E-state index in [1.54, 1.807) is 32.4 Å². The molecule has 0 bridgehead atoms. The third kappa shape index (κ3) is 5.17. The monoisotopic (exact) mass is 445 g/mol. The maximum absolute atomic E-state index is 12.6. The zero-order chi connectivity index (χ0) is 23.4. The number of phenolic OH excluding ortho intramolecular Hbond substituents is 1. The maximum Gasteiger partial charge on any atom is 0.313 e. The van der Waals surface area contributed by atoms with Crippen molar-refractivity contribution >= 4 is 22.5 Å². The molecule has 33 heavy (non-hydrogen) atoms. The van der Waals surface area contributed by atoms with Crippen LogP contribution in [0.2, 0.25) is 0 Å². The molecule has 0 fully saturated rings. The number of Topliss-reactive ketones (excluding diaryl/α,β-unsaturated/α-hetero) is 1. The van der Waals surface area contributed by atoms with E-state index in [-0.39, 0.29) is 30.7 Å². The highest BCUT2D eigenvalue weighted by Crippen LogP contribution is 2.26. The molecule has 0 saturated carbocycles. The van der Waals surface area contributed by atoms with E-state index >= 15 is 0 Å². The summed E-state index contributed by atoms with van der Waals surface area (Å²) in [4.78, 5) is 24.9. The van der Waals surface area contributed by atoms with E-state index in [0.717, 1.165) is 22.1 Å². The third-order valence-corrected chi connectivity index (χ3v) is 5.37. The second kappa shape index (κ2) is 9.52. The Bertz CT molecular complexity index is 1300. The van der Waals surface area contributed by atoms with E-state index in [4.69, 9.17) is 9.47 Å². The lowest BCUT2D eigenvalue weighted by Gasteiger charge is -2.12. The molecule has 0 amide bonds. The van der Waals surface area contributed by atoms with Crippen LogP contribution in [0, 0.1) is 0 Å². The molecule has 1 aromatic heterocycles. The van der Waals surface area contributed by atoms with Gasteiger partial charge in [0.15, 0.2) is 5.78 Å². The average Bonchev–Trinajstić information content (AvgIpc) is 3.28. The van der Waals surface area contributed by atoms with Crippen LogP contribution in [0.4, 0.5) is 0 Å². The number of ketones is 1. The van der Waals surface area contributed by atoms with Gasteiger partial charge in [-0.1, -0.05) is 29.5 Å². The first-order valence-corrected chi connectivity index (χ1v) is 10.4. The molecule has 1 N–H and O–H groups in total. The molecule has 0 unspecified atom stereocenters. The first-order valence-electron chi connectivity index (χ1n) is 10.4. The third-order valence-electron chi connectivity index (χ3n) is 5.37. The van der Waals surface area contributed by atoms with Crippen molar-refractivity contribution in [3.63, 3.8) is 0 Å². The minimum atomic E-state index is -0.456. The average molecular weight is 445 g/mol. The van der Waals surface area contributed by atoms with Gasteiger partial charge in [0, 0.05) is 5.56 Å². The van der Waals surface area contributed by atoms with Crippen LogP contribution in [0.25, 0.3) is 10.8 Å². The largest absolute Gasteiger partial charge is 0.508 e. The van der Waals surface area contributed by atoms with Crippen molar-refractivity contribution in [2.75, 3.05) is 7.11 Å². The molecule has 0 aliphatic carbocycles. The summed E-state index contributed by atoms with van der Waals surface area (Å²) in [5, 5.41) is 19.3. The highest BCUT2D eigenvalue weighted by atomic mass is 16.5. The Kier molecular flexibility index (Phi) is 6.35. The predicted octanol–water partition coefficient (Wildman–Crippen LogP) is 3.88. The molecule has 1 atom stereocenters. The number of carbonyl (C=O) groups is 2. The molecule has 3 aromatic carbocycles. The Morgan fingerprint density at radius 1 is 1.03 bits per heavy atom.